The fraction of sp³-hybridized carbons (Fsp3) is 0.474. The topological polar surface area (TPSA) is 156 Å². The van der Waals surface area contributed by atoms with Crippen molar-refractivity contribution in [2.75, 3.05) is 13.2 Å². The molecule has 0 aromatic heterocycles. The standard InChI is InChI=1S/C19H22N2O9S/c1-19(2)14(17(24)25)21-15(23)12(16(21)31(19,27)28)10-29-13(22)8-20-18(26)30-9-11-6-4-3-5-7-11/h3-7,12,14,16H,8-10H2,1-2H3,(H,20,26)(H,24,25)/t12-,14-,16+/m0/s1. The Bertz CT molecular complexity index is 1010. The molecule has 1 aromatic carbocycles. The average Bonchev–Trinajstić information content (AvgIpc) is 2.86. The molecule has 1 aromatic rings. The second kappa shape index (κ2) is 8.17. The highest BCUT2D eigenvalue weighted by molar-refractivity contribution is 7.93. The van der Waals surface area contributed by atoms with E-state index < -0.39 is 69.0 Å². The van der Waals surface area contributed by atoms with E-state index in [1.54, 1.807) is 24.3 Å². The maximum atomic E-state index is 12.7. The highest BCUT2D eigenvalue weighted by Gasteiger charge is 2.72. The molecule has 0 saturated carbocycles. The minimum Gasteiger partial charge on any atom is -0.480 e. The number of sulfone groups is 1. The van der Waals surface area contributed by atoms with Gasteiger partial charge >= 0.3 is 18.0 Å². The fourth-order valence-corrected chi connectivity index (χ4v) is 6.01. The van der Waals surface area contributed by atoms with E-state index in [0.717, 1.165) is 10.5 Å². The first-order valence-corrected chi connectivity index (χ1v) is 10.9. The van der Waals surface area contributed by atoms with E-state index in [0.29, 0.717) is 0 Å². The highest BCUT2D eigenvalue weighted by atomic mass is 32.2. The molecule has 11 nitrogen and oxygen atoms in total. The number of alkyl carbamates (subject to hydrolysis) is 1. The summed E-state index contributed by atoms with van der Waals surface area (Å²) in [7, 11) is -4.01. The van der Waals surface area contributed by atoms with Crippen molar-refractivity contribution in [1.82, 2.24) is 10.2 Å². The summed E-state index contributed by atoms with van der Waals surface area (Å²) in [6.07, 6.45) is -0.851. The quantitative estimate of drug-likeness (QED) is 0.424. The van der Waals surface area contributed by atoms with E-state index in [4.69, 9.17) is 9.47 Å². The number of hydrogen-bond donors (Lipinski definition) is 2. The maximum Gasteiger partial charge on any atom is 0.407 e. The number of carboxylic acid groups (broad SMARTS) is 1. The van der Waals surface area contributed by atoms with Crippen LogP contribution in [0.15, 0.2) is 30.3 Å². The highest BCUT2D eigenvalue weighted by Crippen LogP contribution is 2.48. The number of nitrogens with zero attached hydrogens (tertiary/aromatic N) is 1. The Morgan fingerprint density at radius 3 is 2.42 bits per heavy atom. The zero-order valence-electron chi connectivity index (χ0n) is 16.8. The molecule has 2 amide bonds. The van der Waals surface area contributed by atoms with Crippen LogP contribution in [0.5, 0.6) is 0 Å². The average molecular weight is 454 g/mol. The molecule has 0 radical (unpaired) electrons. The number of hydrogen-bond acceptors (Lipinski definition) is 8. The molecule has 0 spiro atoms. The van der Waals surface area contributed by atoms with E-state index in [1.807, 2.05) is 6.07 Å². The Kier molecular flexibility index (Phi) is 5.94. The van der Waals surface area contributed by atoms with Crippen LogP contribution in [0.4, 0.5) is 4.79 Å². The minimum atomic E-state index is -4.01. The normalized spacial score (nSPS) is 25.2. The number of esters is 1. The third-order valence-corrected chi connectivity index (χ3v) is 8.31. The van der Waals surface area contributed by atoms with Crippen LogP contribution < -0.4 is 5.32 Å². The largest absolute Gasteiger partial charge is 0.480 e. The van der Waals surface area contributed by atoms with Crippen LogP contribution in [0.1, 0.15) is 19.4 Å². The lowest BCUT2D eigenvalue weighted by Gasteiger charge is -2.42. The van der Waals surface area contributed by atoms with E-state index in [-0.39, 0.29) is 6.61 Å². The Balaban J connectivity index is 1.49. The molecular weight excluding hydrogens is 432 g/mol. The Morgan fingerprint density at radius 1 is 1.16 bits per heavy atom. The predicted molar refractivity (Wildman–Crippen MR) is 104 cm³/mol. The summed E-state index contributed by atoms with van der Waals surface area (Å²) in [6, 6.07) is 7.37. The number of carbonyl (C=O) groups excluding carboxylic acids is 3. The van der Waals surface area contributed by atoms with Crippen LogP contribution in [-0.2, 0) is 40.3 Å². The molecule has 3 atom stereocenters. The second-order valence-electron chi connectivity index (χ2n) is 7.73. The van der Waals surface area contributed by atoms with Gasteiger partial charge in [0.25, 0.3) is 0 Å². The molecule has 0 bridgehead atoms. The number of aliphatic carboxylic acids is 1. The van der Waals surface area contributed by atoms with Crippen molar-refractivity contribution in [2.24, 2.45) is 5.92 Å². The number of fused-ring (bicyclic) bond motifs is 1. The van der Waals surface area contributed by atoms with Crippen LogP contribution in [0.2, 0.25) is 0 Å². The smallest absolute Gasteiger partial charge is 0.407 e. The number of rotatable bonds is 7. The zero-order chi connectivity index (χ0) is 23.0. The summed E-state index contributed by atoms with van der Waals surface area (Å²) in [5, 5.41) is 10.2. The first kappa shape index (κ1) is 22.5. The van der Waals surface area contributed by atoms with Gasteiger partial charge in [0, 0.05) is 0 Å². The van der Waals surface area contributed by atoms with Crippen molar-refractivity contribution in [3.8, 4) is 0 Å². The first-order valence-electron chi connectivity index (χ1n) is 9.37. The predicted octanol–water partition coefficient (Wildman–Crippen LogP) is -0.0993. The number of carboxylic acids is 1. The summed E-state index contributed by atoms with van der Waals surface area (Å²) >= 11 is 0. The van der Waals surface area contributed by atoms with E-state index in [2.05, 4.69) is 5.32 Å². The first-order chi connectivity index (χ1) is 14.5. The molecule has 3 rings (SSSR count). The van der Waals surface area contributed by atoms with Gasteiger partial charge in [0.1, 0.15) is 31.7 Å². The number of nitrogens with one attached hydrogen (secondary N) is 1. The SMILES string of the molecule is CC1(C)[C@H](C(=O)O)N2C(=O)[C@H](COC(=O)CNC(=O)OCc3ccccc3)[C@H]2S1(=O)=O. The minimum absolute atomic E-state index is 0.00814. The molecule has 2 N–H and O–H groups in total. The molecule has 2 saturated heterocycles. The molecular formula is C19H22N2O9S. The van der Waals surface area contributed by atoms with Gasteiger partial charge < -0.3 is 24.8 Å². The van der Waals surface area contributed by atoms with E-state index >= 15 is 0 Å². The van der Waals surface area contributed by atoms with Crippen molar-refractivity contribution in [2.45, 2.75) is 36.6 Å². The molecule has 2 heterocycles. The molecule has 168 valence electrons. The third kappa shape index (κ3) is 3.94. The zero-order valence-corrected chi connectivity index (χ0v) is 17.6. The van der Waals surface area contributed by atoms with Gasteiger partial charge in [-0.2, -0.15) is 0 Å². The molecule has 0 aliphatic carbocycles. The fourth-order valence-electron chi connectivity index (χ4n) is 3.71. The van der Waals surface area contributed by atoms with Crippen molar-refractivity contribution in [1.29, 1.82) is 0 Å². The van der Waals surface area contributed by atoms with Gasteiger partial charge in [0.2, 0.25) is 5.91 Å². The lowest BCUT2D eigenvalue weighted by Crippen LogP contribution is -2.64. The van der Waals surface area contributed by atoms with Gasteiger partial charge in [0.05, 0.1) is 4.75 Å². The molecule has 2 aliphatic heterocycles. The summed E-state index contributed by atoms with van der Waals surface area (Å²) < 4.78 is 33.6. The van der Waals surface area contributed by atoms with Crippen LogP contribution in [-0.4, -0.2) is 71.7 Å². The van der Waals surface area contributed by atoms with Gasteiger partial charge in [-0.05, 0) is 19.4 Å². The van der Waals surface area contributed by atoms with Gasteiger partial charge in [-0.3, -0.25) is 9.59 Å². The van der Waals surface area contributed by atoms with E-state index in [1.165, 1.54) is 13.8 Å². The summed E-state index contributed by atoms with van der Waals surface area (Å²) in [4.78, 5) is 48.2. The van der Waals surface area contributed by atoms with Crippen LogP contribution in [0, 0.1) is 5.92 Å². The summed E-state index contributed by atoms with van der Waals surface area (Å²) in [6.45, 7) is 1.43. The van der Waals surface area contributed by atoms with Gasteiger partial charge in [-0.25, -0.2) is 18.0 Å². The van der Waals surface area contributed by atoms with Gasteiger partial charge in [-0.15, -0.1) is 0 Å². The van der Waals surface area contributed by atoms with Crippen molar-refractivity contribution in [3.05, 3.63) is 35.9 Å². The number of amides is 2. The number of benzene rings is 1. The molecule has 2 aliphatic rings. The van der Waals surface area contributed by atoms with Crippen molar-refractivity contribution in [3.63, 3.8) is 0 Å². The number of β-lactam (4-membered cyclic amide) rings is 1. The van der Waals surface area contributed by atoms with E-state index in [9.17, 15) is 32.7 Å². The van der Waals surface area contributed by atoms with Crippen LogP contribution in [0.25, 0.3) is 0 Å². The lowest BCUT2D eigenvalue weighted by atomic mass is 9.92. The van der Waals surface area contributed by atoms with Crippen LogP contribution >= 0.6 is 0 Å². The Morgan fingerprint density at radius 2 is 1.81 bits per heavy atom. The Hall–Kier alpha value is -3.15. The molecule has 12 heteroatoms. The molecule has 2 fully saturated rings. The molecule has 31 heavy (non-hydrogen) atoms. The van der Waals surface area contributed by atoms with Crippen molar-refractivity contribution < 1.29 is 42.2 Å². The maximum absolute atomic E-state index is 12.7. The van der Waals surface area contributed by atoms with Crippen molar-refractivity contribution >= 4 is 33.8 Å². The van der Waals surface area contributed by atoms with Gasteiger partial charge in [0.15, 0.2) is 15.2 Å². The monoisotopic (exact) mass is 454 g/mol. The third-order valence-electron chi connectivity index (χ3n) is 5.43. The number of ether oxygens (including phenoxy) is 2. The molecule has 0 unspecified atom stereocenters. The number of carbonyl (C=O) groups is 4. The second-order valence-corrected chi connectivity index (χ2v) is 10.4. The summed E-state index contributed by atoms with van der Waals surface area (Å²) in [5.41, 5.74) is 0.758. The lowest BCUT2D eigenvalue weighted by molar-refractivity contribution is -0.168. The Labute approximate surface area is 178 Å². The van der Waals surface area contributed by atoms with Crippen LogP contribution in [0.3, 0.4) is 0 Å². The van der Waals surface area contributed by atoms with Gasteiger partial charge in [-0.1, -0.05) is 30.3 Å². The summed E-state index contributed by atoms with van der Waals surface area (Å²) in [5.74, 6) is -4.22.